The van der Waals surface area contributed by atoms with Gasteiger partial charge in [0, 0.05) is 25.2 Å². The molecule has 0 aromatic heterocycles. The fourth-order valence-electron chi connectivity index (χ4n) is 3.40. The Balaban J connectivity index is 1.64. The molecule has 0 aliphatic carbocycles. The summed E-state index contributed by atoms with van der Waals surface area (Å²) in [5, 5.41) is 0. The molecule has 1 amide bonds. The van der Waals surface area contributed by atoms with Crippen molar-refractivity contribution in [3.05, 3.63) is 58.9 Å². The van der Waals surface area contributed by atoms with Crippen LogP contribution >= 0.6 is 0 Å². The maximum Gasteiger partial charge on any atom is 0.237 e. The van der Waals surface area contributed by atoms with Crippen LogP contribution in [0.2, 0.25) is 0 Å². The van der Waals surface area contributed by atoms with Crippen molar-refractivity contribution in [3.8, 4) is 11.5 Å². The quantitative estimate of drug-likeness (QED) is 0.782. The zero-order valence-corrected chi connectivity index (χ0v) is 16.0. The molecule has 1 heterocycles. The molecule has 1 aliphatic rings. The molecular weight excluding hydrogens is 347 g/mol. The van der Waals surface area contributed by atoms with E-state index in [-0.39, 0.29) is 18.3 Å². The Morgan fingerprint density at radius 3 is 2.48 bits per heavy atom. The van der Waals surface area contributed by atoms with Crippen LogP contribution in [-0.2, 0) is 24.3 Å². The van der Waals surface area contributed by atoms with Crippen molar-refractivity contribution in [1.82, 2.24) is 9.80 Å². The first kappa shape index (κ1) is 19.2. The Kier molecular flexibility index (Phi) is 5.96. The fraction of sp³-hybridized carbons (Fsp3) is 0.381. The molecule has 0 saturated carbocycles. The maximum absolute atomic E-state index is 13.8. The summed E-state index contributed by atoms with van der Waals surface area (Å²) in [6.07, 6.45) is 0.776. The number of carbonyl (C=O) groups excluding carboxylic acids is 1. The Bertz CT molecular complexity index is 825. The number of rotatable bonds is 6. The van der Waals surface area contributed by atoms with Gasteiger partial charge in [-0.1, -0.05) is 18.2 Å². The number of halogens is 1. The van der Waals surface area contributed by atoms with Gasteiger partial charge < -0.3 is 14.4 Å². The number of fused-ring (bicyclic) bond motifs is 1. The third kappa shape index (κ3) is 4.39. The number of amides is 1. The number of hydrogen-bond acceptors (Lipinski definition) is 4. The molecule has 0 radical (unpaired) electrons. The Labute approximate surface area is 159 Å². The maximum atomic E-state index is 13.8. The van der Waals surface area contributed by atoms with Gasteiger partial charge in [0.2, 0.25) is 5.91 Å². The van der Waals surface area contributed by atoms with Crippen LogP contribution in [0.25, 0.3) is 0 Å². The molecular formula is C21H25FN2O3. The normalized spacial score (nSPS) is 13.4. The van der Waals surface area contributed by atoms with Gasteiger partial charge in [-0.2, -0.15) is 0 Å². The van der Waals surface area contributed by atoms with E-state index in [4.69, 9.17) is 9.47 Å². The molecule has 0 spiro atoms. The monoisotopic (exact) mass is 372 g/mol. The Hall–Kier alpha value is -2.60. The van der Waals surface area contributed by atoms with Gasteiger partial charge in [-0.05, 0) is 42.8 Å². The minimum absolute atomic E-state index is 0.0364. The Morgan fingerprint density at radius 2 is 1.81 bits per heavy atom. The molecule has 0 fully saturated rings. The number of ether oxygens (including phenoxy) is 2. The minimum atomic E-state index is -0.246. The van der Waals surface area contributed by atoms with Crippen LogP contribution in [0, 0.1) is 5.82 Å². The van der Waals surface area contributed by atoms with Crippen LogP contribution in [0.4, 0.5) is 4.39 Å². The zero-order chi connectivity index (χ0) is 19.4. The van der Waals surface area contributed by atoms with Crippen molar-refractivity contribution in [2.24, 2.45) is 0 Å². The molecule has 0 atom stereocenters. The van der Waals surface area contributed by atoms with Crippen LogP contribution in [0.1, 0.15) is 16.7 Å². The smallest absolute Gasteiger partial charge is 0.237 e. The minimum Gasteiger partial charge on any atom is -0.493 e. The molecule has 0 bridgehead atoms. The molecule has 1 aliphatic heterocycles. The van der Waals surface area contributed by atoms with E-state index in [1.54, 1.807) is 32.4 Å². The molecule has 0 N–H and O–H groups in total. The van der Waals surface area contributed by atoms with Crippen LogP contribution < -0.4 is 9.47 Å². The predicted octanol–water partition coefficient (Wildman–Crippen LogP) is 2.86. The van der Waals surface area contributed by atoms with E-state index < -0.39 is 0 Å². The summed E-state index contributed by atoms with van der Waals surface area (Å²) in [5.74, 6) is 1.17. The van der Waals surface area contributed by atoms with Gasteiger partial charge in [-0.3, -0.25) is 9.69 Å². The van der Waals surface area contributed by atoms with Gasteiger partial charge in [0.1, 0.15) is 5.82 Å². The number of methoxy groups -OCH3 is 2. The number of nitrogens with zero attached hydrogens (tertiary/aromatic N) is 2. The van der Waals surface area contributed by atoms with Gasteiger partial charge in [0.05, 0.1) is 20.8 Å². The molecule has 144 valence electrons. The lowest BCUT2D eigenvalue weighted by Gasteiger charge is -2.31. The molecule has 0 unspecified atom stereocenters. The zero-order valence-electron chi connectivity index (χ0n) is 16.0. The van der Waals surface area contributed by atoms with E-state index in [0.29, 0.717) is 36.7 Å². The molecule has 0 saturated heterocycles. The van der Waals surface area contributed by atoms with Crippen LogP contribution in [0.5, 0.6) is 11.5 Å². The summed E-state index contributed by atoms with van der Waals surface area (Å²) in [6.45, 7) is 1.85. The largest absolute Gasteiger partial charge is 0.493 e. The lowest BCUT2D eigenvalue weighted by atomic mass is 9.98. The molecule has 3 rings (SSSR count). The highest BCUT2D eigenvalue weighted by Gasteiger charge is 2.23. The van der Waals surface area contributed by atoms with E-state index in [2.05, 4.69) is 0 Å². The van der Waals surface area contributed by atoms with Crippen molar-refractivity contribution < 1.29 is 18.7 Å². The number of likely N-dealkylation sites (N-methyl/N-ethyl adjacent to an activating group) is 1. The van der Waals surface area contributed by atoms with E-state index in [1.807, 2.05) is 29.0 Å². The van der Waals surface area contributed by atoms with Crippen molar-refractivity contribution in [2.75, 3.05) is 34.4 Å². The highest BCUT2D eigenvalue weighted by atomic mass is 19.1. The summed E-state index contributed by atoms with van der Waals surface area (Å²) < 4.78 is 24.5. The lowest BCUT2D eigenvalue weighted by Crippen LogP contribution is -2.41. The second-order valence-corrected chi connectivity index (χ2v) is 6.80. The first-order valence-corrected chi connectivity index (χ1v) is 8.95. The lowest BCUT2D eigenvalue weighted by molar-refractivity contribution is -0.133. The van der Waals surface area contributed by atoms with E-state index in [9.17, 15) is 9.18 Å². The van der Waals surface area contributed by atoms with Crippen LogP contribution in [0.3, 0.4) is 0 Å². The van der Waals surface area contributed by atoms with Crippen LogP contribution in [0.15, 0.2) is 36.4 Å². The highest BCUT2D eigenvalue weighted by molar-refractivity contribution is 5.78. The molecule has 6 heteroatoms. The highest BCUT2D eigenvalue weighted by Crippen LogP contribution is 2.33. The summed E-state index contributed by atoms with van der Waals surface area (Å²) in [7, 11) is 5.05. The molecule has 5 nitrogen and oxygen atoms in total. The first-order chi connectivity index (χ1) is 13.0. The average Bonchev–Trinajstić information content (AvgIpc) is 2.68. The third-order valence-electron chi connectivity index (χ3n) is 4.87. The number of benzene rings is 2. The van der Waals surface area contributed by atoms with Gasteiger partial charge in [-0.25, -0.2) is 4.39 Å². The average molecular weight is 372 g/mol. The van der Waals surface area contributed by atoms with E-state index in [0.717, 1.165) is 12.0 Å². The van der Waals surface area contributed by atoms with Gasteiger partial charge in [0.25, 0.3) is 0 Å². The second kappa shape index (κ2) is 8.39. The number of carbonyl (C=O) groups is 1. The van der Waals surface area contributed by atoms with Crippen molar-refractivity contribution in [2.45, 2.75) is 19.5 Å². The predicted molar refractivity (Wildman–Crippen MR) is 101 cm³/mol. The standard InChI is InChI=1S/C21H25FN2O3/c1-23(12-16-6-4-5-7-18(16)22)14-21(25)24-9-8-15-10-19(26-2)20(27-3)11-17(15)13-24/h4-7,10-11H,8-9,12-14H2,1-3H3. The Morgan fingerprint density at radius 1 is 1.15 bits per heavy atom. The van der Waals surface area contributed by atoms with Gasteiger partial charge in [-0.15, -0.1) is 0 Å². The molecule has 2 aromatic rings. The summed E-state index contributed by atoms with van der Waals surface area (Å²) in [5.41, 5.74) is 2.84. The topological polar surface area (TPSA) is 42.0 Å². The van der Waals surface area contributed by atoms with Crippen molar-refractivity contribution >= 4 is 5.91 Å². The van der Waals surface area contributed by atoms with Crippen molar-refractivity contribution in [1.29, 1.82) is 0 Å². The van der Waals surface area contributed by atoms with E-state index in [1.165, 1.54) is 11.6 Å². The molecule has 27 heavy (non-hydrogen) atoms. The second-order valence-electron chi connectivity index (χ2n) is 6.80. The summed E-state index contributed by atoms with van der Waals surface area (Å²) in [4.78, 5) is 16.4. The van der Waals surface area contributed by atoms with E-state index >= 15 is 0 Å². The SMILES string of the molecule is COc1cc2c(cc1OC)CN(C(=O)CN(C)Cc1ccccc1F)CC2. The van der Waals surface area contributed by atoms with Crippen LogP contribution in [-0.4, -0.2) is 50.1 Å². The van der Waals surface area contributed by atoms with Gasteiger partial charge in [0.15, 0.2) is 11.5 Å². The first-order valence-electron chi connectivity index (χ1n) is 8.95. The third-order valence-corrected chi connectivity index (χ3v) is 4.87. The number of hydrogen-bond donors (Lipinski definition) is 0. The summed E-state index contributed by atoms with van der Waals surface area (Å²) in [6, 6.07) is 10.6. The molecule has 2 aromatic carbocycles. The summed E-state index contributed by atoms with van der Waals surface area (Å²) >= 11 is 0. The van der Waals surface area contributed by atoms with Crippen molar-refractivity contribution in [3.63, 3.8) is 0 Å². The van der Waals surface area contributed by atoms with Gasteiger partial charge >= 0.3 is 0 Å². The fourth-order valence-corrected chi connectivity index (χ4v) is 3.40.